The summed E-state index contributed by atoms with van der Waals surface area (Å²) in [5.74, 6) is -2.86. The quantitative estimate of drug-likeness (QED) is 0.611. The average Bonchev–Trinajstić information content (AvgIpc) is 3.15. The summed E-state index contributed by atoms with van der Waals surface area (Å²) < 4.78 is 53.3. The fourth-order valence-corrected chi connectivity index (χ4v) is 4.48. The predicted molar refractivity (Wildman–Crippen MR) is 120 cm³/mol. The molecule has 2 aromatic carbocycles. The van der Waals surface area contributed by atoms with E-state index in [4.69, 9.17) is 5.73 Å². The first-order valence-corrected chi connectivity index (χ1v) is 11.1. The van der Waals surface area contributed by atoms with Crippen molar-refractivity contribution >= 4 is 28.9 Å². The molecule has 4 rings (SSSR count). The number of nitrogens with zero attached hydrogens (tertiary/aromatic N) is 2. The van der Waals surface area contributed by atoms with Crippen LogP contribution in [-0.4, -0.2) is 42.5 Å². The van der Waals surface area contributed by atoms with E-state index in [1.165, 1.54) is 6.07 Å². The lowest BCUT2D eigenvalue weighted by Crippen LogP contribution is -2.39. The van der Waals surface area contributed by atoms with Crippen LogP contribution in [0.2, 0.25) is 0 Å². The lowest BCUT2D eigenvalue weighted by molar-refractivity contribution is -0.179. The van der Waals surface area contributed by atoms with Crippen LogP contribution in [0, 0.1) is 17.7 Å². The van der Waals surface area contributed by atoms with Crippen molar-refractivity contribution in [2.24, 2.45) is 17.6 Å². The van der Waals surface area contributed by atoms with Gasteiger partial charge in [-0.3, -0.25) is 9.59 Å². The van der Waals surface area contributed by atoms with Crippen LogP contribution in [0.5, 0.6) is 0 Å². The van der Waals surface area contributed by atoms with E-state index in [9.17, 15) is 27.2 Å². The van der Waals surface area contributed by atoms with E-state index in [1.807, 2.05) is 12.1 Å². The maximum absolute atomic E-state index is 14.7. The van der Waals surface area contributed by atoms with Crippen molar-refractivity contribution in [1.29, 1.82) is 0 Å². The number of alkyl halides is 3. The molecule has 34 heavy (non-hydrogen) atoms. The number of carbonyl (C=O) groups is 2. The van der Waals surface area contributed by atoms with Crippen molar-refractivity contribution in [2.45, 2.75) is 32.0 Å². The Kier molecular flexibility index (Phi) is 6.67. The molecule has 0 bridgehead atoms. The Labute approximate surface area is 194 Å². The second-order valence-corrected chi connectivity index (χ2v) is 8.87. The first-order chi connectivity index (χ1) is 16.1. The first-order valence-electron chi connectivity index (χ1n) is 11.1. The van der Waals surface area contributed by atoms with Crippen LogP contribution in [0.1, 0.15) is 24.8 Å². The summed E-state index contributed by atoms with van der Waals surface area (Å²) in [6, 6.07) is 11.9. The smallest absolute Gasteiger partial charge is 0.369 e. The van der Waals surface area contributed by atoms with E-state index in [2.05, 4.69) is 5.32 Å². The van der Waals surface area contributed by atoms with E-state index >= 15 is 0 Å². The lowest BCUT2D eigenvalue weighted by atomic mass is 9.96. The molecule has 0 aliphatic carbocycles. The zero-order valence-corrected chi connectivity index (χ0v) is 18.4. The number of carbonyl (C=O) groups excluding carboxylic acids is 2. The number of hydrogen-bond donors (Lipinski definition) is 2. The van der Waals surface area contributed by atoms with Gasteiger partial charge in [-0.15, -0.1) is 0 Å². The molecule has 2 saturated heterocycles. The van der Waals surface area contributed by atoms with Gasteiger partial charge < -0.3 is 20.9 Å². The fraction of sp³-hybridized carbons (Fsp3) is 0.417. The summed E-state index contributed by atoms with van der Waals surface area (Å²) in [6.07, 6.45) is -4.15. The van der Waals surface area contributed by atoms with Crippen LogP contribution in [-0.2, 0) is 16.1 Å². The van der Waals surface area contributed by atoms with Gasteiger partial charge in [-0.05, 0) is 48.7 Å². The Bertz CT molecular complexity index is 1050. The normalized spacial score (nSPS) is 19.5. The maximum Gasteiger partial charge on any atom is 0.391 e. The molecule has 0 saturated carbocycles. The third kappa shape index (κ3) is 5.43. The van der Waals surface area contributed by atoms with Gasteiger partial charge in [0.25, 0.3) is 0 Å². The molecule has 2 fully saturated rings. The zero-order valence-electron chi connectivity index (χ0n) is 18.4. The highest BCUT2D eigenvalue weighted by molar-refractivity contribution is 5.88. The van der Waals surface area contributed by atoms with Gasteiger partial charge in [0.05, 0.1) is 17.5 Å². The molecule has 3 N–H and O–H groups in total. The molecule has 2 aliphatic rings. The van der Waals surface area contributed by atoms with Crippen LogP contribution in [0.3, 0.4) is 0 Å². The largest absolute Gasteiger partial charge is 0.391 e. The number of amides is 2. The SMILES string of the molecule is NC(=O)C1CC(=O)N(Cc2ccc(Nc3ccc(N4CCC(C(F)(F)F)CC4)c(F)c3)cc2)C1. The van der Waals surface area contributed by atoms with Crippen molar-refractivity contribution < 1.29 is 27.2 Å². The van der Waals surface area contributed by atoms with E-state index in [0.29, 0.717) is 30.2 Å². The third-order valence-electron chi connectivity index (χ3n) is 6.48. The van der Waals surface area contributed by atoms with Gasteiger partial charge in [-0.1, -0.05) is 12.1 Å². The number of primary amides is 1. The van der Waals surface area contributed by atoms with Crippen molar-refractivity contribution in [3.05, 3.63) is 53.8 Å². The Morgan fingerprint density at radius 3 is 2.26 bits per heavy atom. The van der Waals surface area contributed by atoms with Gasteiger partial charge >= 0.3 is 6.18 Å². The number of hydrogen-bond acceptors (Lipinski definition) is 4. The summed E-state index contributed by atoms with van der Waals surface area (Å²) in [7, 11) is 0. The highest BCUT2D eigenvalue weighted by Gasteiger charge is 2.41. The zero-order chi connectivity index (χ0) is 24.5. The van der Waals surface area contributed by atoms with E-state index in [0.717, 1.165) is 5.56 Å². The minimum atomic E-state index is -4.20. The summed E-state index contributed by atoms with van der Waals surface area (Å²) in [4.78, 5) is 26.6. The van der Waals surface area contributed by atoms with E-state index in [1.54, 1.807) is 34.1 Å². The number of halogens is 4. The van der Waals surface area contributed by atoms with Crippen LogP contribution in [0.25, 0.3) is 0 Å². The van der Waals surface area contributed by atoms with Gasteiger partial charge in [0, 0.05) is 44.0 Å². The second-order valence-electron chi connectivity index (χ2n) is 8.87. The van der Waals surface area contributed by atoms with Gasteiger partial charge in [-0.2, -0.15) is 13.2 Å². The molecule has 0 radical (unpaired) electrons. The van der Waals surface area contributed by atoms with Crippen molar-refractivity contribution in [1.82, 2.24) is 4.90 Å². The van der Waals surface area contributed by atoms with Crippen molar-refractivity contribution in [2.75, 3.05) is 29.9 Å². The lowest BCUT2D eigenvalue weighted by Gasteiger charge is -2.34. The Morgan fingerprint density at radius 1 is 1.06 bits per heavy atom. The molecule has 2 heterocycles. The van der Waals surface area contributed by atoms with Gasteiger partial charge in [0.15, 0.2) is 0 Å². The average molecular weight is 478 g/mol. The Hall–Kier alpha value is -3.30. The van der Waals surface area contributed by atoms with Gasteiger partial charge in [0.1, 0.15) is 5.82 Å². The van der Waals surface area contributed by atoms with E-state index < -0.39 is 29.7 Å². The number of nitrogens with one attached hydrogen (secondary N) is 1. The second kappa shape index (κ2) is 9.52. The van der Waals surface area contributed by atoms with Crippen LogP contribution in [0.4, 0.5) is 34.6 Å². The van der Waals surface area contributed by atoms with Crippen LogP contribution >= 0.6 is 0 Å². The van der Waals surface area contributed by atoms with Gasteiger partial charge in [0.2, 0.25) is 11.8 Å². The summed E-state index contributed by atoms with van der Waals surface area (Å²) in [5, 5.41) is 3.10. The molecule has 182 valence electrons. The number of likely N-dealkylation sites (tertiary alicyclic amines) is 1. The molecule has 2 aromatic rings. The fourth-order valence-electron chi connectivity index (χ4n) is 4.48. The number of anilines is 3. The molecule has 6 nitrogen and oxygen atoms in total. The highest BCUT2D eigenvalue weighted by atomic mass is 19.4. The van der Waals surface area contributed by atoms with Gasteiger partial charge in [-0.25, -0.2) is 4.39 Å². The predicted octanol–water partition coefficient (Wildman–Crippen LogP) is 4.18. The summed E-state index contributed by atoms with van der Waals surface area (Å²) >= 11 is 0. The molecule has 1 atom stereocenters. The number of rotatable bonds is 6. The molecule has 2 amide bonds. The number of piperidine rings is 1. The Balaban J connectivity index is 1.34. The number of nitrogens with two attached hydrogens (primary N) is 1. The standard InChI is InChI=1S/C24H26F4N4O2/c25-20-12-19(5-6-21(20)31-9-7-17(8-10-31)24(26,27)28)30-18-3-1-15(2-4-18)13-32-14-16(23(29)34)11-22(32)33/h1-6,12,16-17,30H,7-11,13-14H2,(H2,29,34). The van der Waals surface area contributed by atoms with E-state index in [-0.39, 0.29) is 38.3 Å². The molecule has 0 spiro atoms. The topological polar surface area (TPSA) is 78.7 Å². The Morgan fingerprint density at radius 2 is 1.71 bits per heavy atom. The maximum atomic E-state index is 14.7. The number of benzene rings is 2. The van der Waals surface area contributed by atoms with Crippen LogP contribution in [0.15, 0.2) is 42.5 Å². The summed E-state index contributed by atoms with van der Waals surface area (Å²) in [5.41, 5.74) is 7.70. The molecule has 1 unspecified atom stereocenters. The molecule has 0 aromatic heterocycles. The molecule has 10 heteroatoms. The molecule has 2 aliphatic heterocycles. The third-order valence-corrected chi connectivity index (χ3v) is 6.48. The monoisotopic (exact) mass is 478 g/mol. The molecular formula is C24H26F4N4O2. The molecular weight excluding hydrogens is 452 g/mol. The summed E-state index contributed by atoms with van der Waals surface area (Å²) in [6.45, 7) is 1.01. The highest BCUT2D eigenvalue weighted by Crippen LogP contribution is 2.36. The minimum Gasteiger partial charge on any atom is -0.369 e. The van der Waals surface area contributed by atoms with Crippen LogP contribution < -0.4 is 16.0 Å². The first kappa shape index (κ1) is 23.8. The minimum absolute atomic E-state index is 0.0402. The van der Waals surface area contributed by atoms with Crippen molar-refractivity contribution in [3.8, 4) is 0 Å². The van der Waals surface area contributed by atoms with Crippen molar-refractivity contribution in [3.63, 3.8) is 0 Å².